The van der Waals surface area contributed by atoms with Gasteiger partial charge in [0.1, 0.15) is 0 Å². The lowest BCUT2D eigenvalue weighted by molar-refractivity contribution is -0.126. The Labute approximate surface area is 122 Å². The van der Waals surface area contributed by atoms with Crippen molar-refractivity contribution >= 4 is 12.0 Å². The van der Waals surface area contributed by atoms with Crippen LogP contribution in [0.15, 0.2) is 30.3 Å². The van der Waals surface area contributed by atoms with E-state index in [0.717, 1.165) is 18.4 Å². The number of rotatable bonds is 3. The smallest absolute Gasteiger partial charge is 0.246 e. The Morgan fingerprint density at radius 2 is 1.70 bits per heavy atom. The van der Waals surface area contributed by atoms with Gasteiger partial charge in [-0.05, 0) is 31.4 Å². The van der Waals surface area contributed by atoms with Crippen LogP contribution in [-0.4, -0.2) is 23.9 Å². The SMILES string of the molecule is Cc1ccc(/C=C/C(=O)N(C)C2CCCCCC2)cc1. The van der Waals surface area contributed by atoms with Crippen LogP contribution in [0.4, 0.5) is 0 Å². The zero-order chi connectivity index (χ0) is 14.4. The van der Waals surface area contributed by atoms with Crippen LogP contribution in [0.1, 0.15) is 49.7 Å². The quantitative estimate of drug-likeness (QED) is 0.596. The summed E-state index contributed by atoms with van der Waals surface area (Å²) in [5, 5.41) is 0. The molecule has 108 valence electrons. The molecule has 1 aliphatic carbocycles. The van der Waals surface area contributed by atoms with Gasteiger partial charge >= 0.3 is 0 Å². The first-order valence-corrected chi connectivity index (χ1v) is 7.68. The van der Waals surface area contributed by atoms with Crippen LogP contribution in [0.2, 0.25) is 0 Å². The van der Waals surface area contributed by atoms with Crippen molar-refractivity contribution in [1.29, 1.82) is 0 Å². The van der Waals surface area contributed by atoms with Gasteiger partial charge in [0, 0.05) is 19.2 Å². The maximum atomic E-state index is 12.2. The van der Waals surface area contributed by atoms with Gasteiger partial charge in [0.15, 0.2) is 0 Å². The van der Waals surface area contributed by atoms with Crippen LogP contribution in [0, 0.1) is 6.92 Å². The molecule has 1 aromatic carbocycles. The van der Waals surface area contributed by atoms with Crippen molar-refractivity contribution in [2.75, 3.05) is 7.05 Å². The number of benzene rings is 1. The molecule has 1 fully saturated rings. The van der Waals surface area contributed by atoms with Gasteiger partial charge in [-0.25, -0.2) is 0 Å². The summed E-state index contributed by atoms with van der Waals surface area (Å²) >= 11 is 0. The fraction of sp³-hybridized carbons (Fsp3) is 0.500. The average molecular weight is 271 g/mol. The molecule has 0 aliphatic heterocycles. The summed E-state index contributed by atoms with van der Waals surface area (Å²) < 4.78 is 0. The Kier molecular flexibility index (Phi) is 5.40. The van der Waals surface area contributed by atoms with E-state index in [2.05, 4.69) is 19.1 Å². The molecule has 0 bridgehead atoms. The molecule has 0 unspecified atom stereocenters. The number of hydrogen-bond acceptors (Lipinski definition) is 1. The van der Waals surface area contributed by atoms with Gasteiger partial charge in [0.25, 0.3) is 0 Å². The molecule has 1 aliphatic rings. The largest absolute Gasteiger partial charge is 0.339 e. The van der Waals surface area contributed by atoms with E-state index in [0.29, 0.717) is 6.04 Å². The van der Waals surface area contributed by atoms with Crippen molar-refractivity contribution in [3.63, 3.8) is 0 Å². The molecule has 1 amide bonds. The van der Waals surface area contributed by atoms with Gasteiger partial charge in [0.2, 0.25) is 5.91 Å². The van der Waals surface area contributed by atoms with E-state index >= 15 is 0 Å². The predicted octanol–water partition coefficient (Wildman–Crippen LogP) is 4.19. The average Bonchev–Trinajstić information content (AvgIpc) is 2.74. The monoisotopic (exact) mass is 271 g/mol. The van der Waals surface area contributed by atoms with Gasteiger partial charge in [-0.15, -0.1) is 0 Å². The van der Waals surface area contributed by atoms with Crippen LogP contribution >= 0.6 is 0 Å². The van der Waals surface area contributed by atoms with E-state index in [1.54, 1.807) is 6.08 Å². The van der Waals surface area contributed by atoms with Crippen molar-refractivity contribution in [3.05, 3.63) is 41.5 Å². The van der Waals surface area contributed by atoms with Crippen molar-refractivity contribution in [3.8, 4) is 0 Å². The number of nitrogens with zero attached hydrogens (tertiary/aromatic N) is 1. The van der Waals surface area contributed by atoms with Gasteiger partial charge in [-0.1, -0.05) is 55.5 Å². The standard InChI is InChI=1S/C18H25NO/c1-15-9-11-16(12-10-15)13-14-18(20)19(2)17-7-5-3-4-6-8-17/h9-14,17H,3-8H2,1-2H3/b14-13+. The fourth-order valence-electron chi connectivity index (χ4n) is 2.79. The molecule has 2 rings (SSSR count). The van der Waals surface area contributed by atoms with Crippen LogP contribution < -0.4 is 0 Å². The van der Waals surface area contributed by atoms with E-state index in [1.807, 2.05) is 30.2 Å². The van der Waals surface area contributed by atoms with Crippen molar-refractivity contribution in [2.24, 2.45) is 0 Å². The Balaban J connectivity index is 1.94. The number of likely N-dealkylation sites (N-methyl/N-ethyl adjacent to an activating group) is 1. The highest BCUT2D eigenvalue weighted by Crippen LogP contribution is 2.21. The summed E-state index contributed by atoms with van der Waals surface area (Å²) in [6.07, 6.45) is 11.1. The summed E-state index contributed by atoms with van der Waals surface area (Å²) in [4.78, 5) is 14.2. The molecular formula is C18H25NO. The maximum absolute atomic E-state index is 12.2. The highest BCUT2D eigenvalue weighted by atomic mass is 16.2. The molecule has 2 nitrogen and oxygen atoms in total. The second kappa shape index (κ2) is 7.28. The lowest BCUT2D eigenvalue weighted by Crippen LogP contribution is -2.35. The minimum Gasteiger partial charge on any atom is -0.339 e. The van der Waals surface area contributed by atoms with Crippen LogP contribution in [-0.2, 0) is 4.79 Å². The second-order valence-electron chi connectivity index (χ2n) is 5.84. The van der Waals surface area contributed by atoms with Crippen LogP contribution in [0.3, 0.4) is 0 Å². The number of carbonyl (C=O) groups is 1. The van der Waals surface area contributed by atoms with E-state index in [4.69, 9.17) is 0 Å². The first-order chi connectivity index (χ1) is 9.66. The normalized spacial score (nSPS) is 17.1. The summed E-state index contributed by atoms with van der Waals surface area (Å²) in [7, 11) is 1.94. The molecule has 0 radical (unpaired) electrons. The van der Waals surface area contributed by atoms with Crippen LogP contribution in [0.25, 0.3) is 6.08 Å². The summed E-state index contributed by atoms with van der Waals surface area (Å²) in [6, 6.07) is 8.65. The van der Waals surface area contributed by atoms with Crippen molar-refractivity contribution in [1.82, 2.24) is 4.90 Å². The Morgan fingerprint density at radius 1 is 1.10 bits per heavy atom. The molecule has 1 aromatic rings. The second-order valence-corrected chi connectivity index (χ2v) is 5.84. The lowest BCUT2D eigenvalue weighted by Gasteiger charge is -2.26. The van der Waals surface area contributed by atoms with Crippen molar-refractivity contribution < 1.29 is 4.79 Å². The van der Waals surface area contributed by atoms with Gasteiger partial charge in [0.05, 0.1) is 0 Å². The highest BCUT2D eigenvalue weighted by molar-refractivity contribution is 5.91. The molecule has 2 heteroatoms. The zero-order valence-corrected chi connectivity index (χ0v) is 12.6. The molecule has 0 atom stereocenters. The van der Waals surface area contributed by atoms with E-state index in [-0.39, 0.29) is 5.91 Å². The molecule has 0 aromatic heterocycles. The van der Waals surface area contributed by atoms with Crippen LogP contribution in [0.5, 0.6) is 0 Å². The lowest BCUT2D eigenvalue weighted by atomic mass is 10.1. The third-order valence-corrected chi connectivity index (χ3v) is 4.22. The first kappa shape index (κ1) is 14.8. The Morgan fingerprint density at radius 3 is 2.30 bits per heavy atom. The number of aryl methyl sites for hydroxylation is 1. The maximum Gasteiger partial charge on any atom is 0.246 e. The number of carbonyl (C=O) groups excluding carboxylic acids is 1. The third kappa shape index (κ3) is 4.22. The summed E-state index contributed by atoms with van der Waals surface area (Å²) in [5.74, 6) is 0.123. The summed E-state index contributed by atoms with van der Waals surface area (Å²) in [6.45, 7) is 2.07. The molecule has 1 saturated carbocycles. The topological polar surface area (TPSA) is 20.3 Å². The molecule has 20 heavy (non-hydrogen) atoms. The number of amides is 1. The molecule has 0 saturated heterocycles. The third-order valence-electron chi connectivity index (χ3n) is 4.22. The molecule has 0 spiro atoms. The minimum atomic E-state index is 0.123. The van der Waals surface area contributed by atoms with Gasteiger partial charge < -0.3 is 4.90 Å². The van der Waals surface area contributed by atoms with Crippen molar-refractivity contribution in [2.45, 2.75) is 51.5 Å². The zero-order valence-electron chi connectivity index (χ0n) is 12.6. The Bertz CT molecular complexity index is 453. The minimum absolute atomic E-state index is 0.123. The van der Waals surface area contributed by atoms with E-state index in [1.165, 1.54) is 31.2 Å². The highest BCUT2D eigenvalue weighted by Gasteiger charge is 2.19. The Hall–Kier alpha value is -1.57. The molecule has 0 heterocycles. The summed E-state index contributed by atoms with van der Waals surface area (Å²) in [5.41, 5.74) is 2.32. The fourth-order valence-corrected chi connectivity index (χ4v) is 2.79. The van der Waals surface area contributed by atoms with Gasteiger partial charge in [-0.2, -0.15) is 0 Å². The van der Waals surface area contributed by atoms with E-state index < -0.39 is 0 Å². The molecule has 0 N–H and O–H groups in total. The number of hydrogen-bond donors (Lipinski definition) is 0. The molecular weight excluding hydrogens is 246 g/mol. The van der Waals surface area contributed by atoms with Gasteiger partial charge in [-0.3, -0.25) is 4.79 Å². The predicted molar refractivity (Wildman–Crippen MR) is 84.5 cm³/mol. The first-order valence-electron chi connectivity index (χ1n) is 7.68. The van der Waals surface area contributed by atoms with E-state index in [9.17, 15) is 4.79 Å².